The van der Waals surface area contributed by atoms with Crippen LogP contribution in [0, 0.1) is 0 Å². The molecule has 0 radical (unpaired) electrons. The lowest BCUT2D eigenvalue weighted by Crippen LogP contribution is -2.31. The quantitative estimate of drug-likeness (QED) is 0.568. The number of fused-ring (bicyclic) bond motifs is 2. The maximum Gasteiger partial charge on any atom is 0.243 e. The van der Waals surface area contributed by atoms with E-state index in [1.54, 1.807) is 23.3 Å². The van der Waals surface area contributed by atoms with Crippen LogP contribution in [0.15, 0.2) is 31.2 Å². The first-order chi connectivity index (χ1) is 12.7. The number of hydrogen-bond acceptors (Lipinski definition) is 6. The van der Waals surface area contributed by atoms with Crippen LogP contribution in [0.25, 0.3) is 33.6 Å². The predicted molar refractivity (Wildman–Crippen MR) is 96.2 cm³/mol. The summed E-state index contributed by atoms with van der Waals surface area (Å²) in [6.07, 6.45) is 8.97. The largest absolute Gasteiger partial charge is 0.355 e. The van der Waals surface area contributed by atoms with Gasteiger partial charge in [0.15, 0.2) is 11.5 Å². The fourth-order valence-corrected chi connectivity index (χ4v) is 3.03. The van der Waals surface area contributed by atoms with Crippen molar-refractivity contribution in [3.05, 3.63) is 31.2 Å². The number of nitrogens with one attached hydrogen (secondary N) is 2. The van der Waals surface area contributed by atoms with Crippen LogP contribution in [0.2, 0.25) is 0 Å². The number of rotatable bonds is 5. The lowest BCUT2D eigenvalue weighted by molar-refractivity contribution is -0.124. The minimum Gasteiger partial charge on any atom is -0.355 e. The zero-order valence-electron chi connectivity index (χ0n) is 14.5. The van der Waals surface area contributed by atoms with Gasteiger partial charge in [0, 0.05) is 29.9 Å². The Morgan fingerprint density at radius 2 is 2.15 bits per heavy atom. The van der Waals surface area contributed by atoms with E-state index in [0.29, 0.717) is 30.0 Å². The molecule has 1 atom stereocenters. The summed E-state index contributed by atoms with van der Waals surface area (Å²) in [6, 6.07) is -0.367. The van der Waals surface area contributed by atoms with Crippen molar-refractivity contribution in [3.8, 4) is 11.4 Å². The van der Waals surface area contributed by atoms with Crippen molar-refractivity contribution in [3.63, 3.8) is 0 Å². The van der Waals surface area contributed by atoms with Crippen LogP contribution in [0.3, 0.4) is 0 Å². The van der Waals surface area contributed by atoms with E-state index in [1.807, 2.05) is 20.0 Å². The number of likely N-dealkylation sites (N-methyl/N-ethyl adjacent to an activating group) is 1. The standard InChI is InChI=1S/C17H18N8O/c1-3-13(17(26)19-4-2)25-9-23-12-7-21-15(24-16(12)25)11-6-20-14-10(11)5-18-8-22-14/h5-9,13H,3-4H2,1-2H3,(H,19,26)(H,18,20,22)/t13-/m0/s1. The van der Waals surface area contributed by atoms with Crippen molar-refractivity contribution in [2.24, 2.45) is 0 Å². The lowest BCUT2D eigenvalue weighted by Gasteiger charge is -2.16. The van der Waals surface area contributed by atoms with Crippen LogP contribution in [0.1, 0.15) is 26.3 Å². The van der Waals surface area contributed by atoms with Crippen LogP contribution < -0.4 is 5.32 Å². The van der Waals surface area contributed by atoms with Gasteiger partial charge in [-0.1, -0.05) is 6.92 Å². The molecule has 132 valence electrons. The van der Waals surface area contributed by atoms with Crippen molar-refractivity contribution >= 4 is 28.1 Å². The van der Waals surface area contributed by atoms with Crippen molar-refractivity contribution in [2.75, 3.05) is 6.54 Å². The molecule has 9 heteroatoms. The summed E-state index contributed by atoms with van der Waals surface area (Å²) in [7, 11) is 0. The highest BCUT2D eigenvalue weighted by molar-refractivity contribution is 5.91. The van der Waals surface area contributed by atoms with Gasteiger partial charge >= 0.3 is 0 Å². The Morgan fingerprint density at radius 3 is 2.96 bits per heavy atom. The van der Waals surface area contributed by atoms with E-state index in [2.05, 4.69) is 35.2 Å². The van der Waals surface area contributed by atoms with Gasteiger partial charge in [0.2, 0.25) is 5.91 Å². The summed E-state index contributed by atoms with van der Waals surface area (Å²) >= 11 is 0. The fourth-order valence-electron chi connectivity index (χ4n) is 3.03. The van der Waals surface area contributed by atoms with Gasteiger partial charge in [-0.2, -0.15) is 0 Å². The molecule has 0 bridgehead atoms. The highest BCUT2D eigenvalue weighted by Crippen LogP contribution is 2.26. The van der Waals surface area contributed by atoms with Crippen LogP contribution in [0.4, 0.5) is 0 Å². The summed E-state index contributed by atoms with van der Waals surface area (Å²) in [4.78, 5) is 37.2. The van der Waals surface area contributed by atoms with Gasteiger partial charge < -0.3 is 14.9 Å². The number of aromatic amines is 1. The normalized spacial score (nSPS) is 12.5. The summed E-state index contributed by atoms with van der Waals surface area (Å²) in [6.45, 7) is 4.44. The minimum absolute atomic E-state index is 0.0463. The van der Waals surface area contributed by atoms with Gasteiger partial charge in [-0.3, -0.25) is 4.79 Å². The summed E-state index contributed by atoms with van der Waals surface area (Å²) < 4.78 is 1.80. The topological polar surface area (TPSA) is 114 Å². The van der Waals surface area contributed by atoms with E-state index in [-0.39, 0.29) is 11.9 Å². The summed E-state index contributed by atoms with van der Waals surface area (Å²) in [5.74, 6) is 0.487. The number of amides is 1. The number of hydrogen-bond donors (Lipinski definition) is 2. The molecule has 0 unspecified atom stereocenters. The SMILES string of the molecule is CCNC(=O)[C@H](CC)n1cnc2cnc(-c3c[nH]c4ncncc34)nc21. The Hall–Kier alpha value is -3.36. The molecule has 0 aromatic carbocycles. The molecule has 0 aliphatic carbocycles. The van der Waals surface area contributed by atoms with Crippen LogP contribution in [-0.4, -0.2) is 46.9 Å². The number of aromatic nitrogens is 7. The van der Waals surface area contributed by atoms with Gasteiger partial charge in [0.05, 0.1) is 12.5 Å². The minimum atomic E-state index is -0.367. The highest BCUT2D eigenvalue weighted by Gasteiger charge is 2.21. The highest BCUT2D eigenvalue weighted by atomic mass is 16.2. The first-order valence-electron chi connectivity index (χ1n) is 8.47. The number of carbonyl (C=O) groups excluding carboxylic acids is 1. The van der Waals surface area contributed by atoms with Gasteiger partial charge in [-0.05, 0) is 13.3 Å². The van der Waals surface area contributed by atoms with E-state index in [9.17, 15) is 4.79 Å². The van der Waals surface area contributed by atoms with Crippen LogP contribution >= 0.6 is 0 Å². The molecule has 0 saturated carbocycles. The number of H-pyrrole nitrogens is 1. The number of carbonyl (C=O) groups is 1. The fraction of sp³-hybridized carbons (Fsp3) is 0.294. The second-order valence-electron chi connectivity index (χ2n) is 5.86. The summed E-state index contributed by atoms with van der Waals surface area (Å²) in [5.41, 5.74) is 2.80. The Kier molecular flexibility index (Phi) is 4.04. The zero-order valence-corrected chi connectivity index (χ0v) is 14.5. The van der Waals surface area contributed by atoms with Gasteiger partial charge in [0.25, 0.3) is 0 Å². The Bertz CT molecular complexity index is 1080. The van der Waals surface area contributed by atoms with Crippen molar-refractivity contribution in [1.29, 1.82) is 0 Å². The Labute approximate surface area is 148 Å². The first-order valence-corrected chi connectivity index (χ1v) is 8.47. The molecule has 2 N–H and O–H groups in total. The molecule has 0 aliphatic rings. The second kappa shape index (κ2) is 6.51. The molecule has 9 nitrogen and oxygen atoms in total. The second-order valence-corrected chi connectivity index (χ2v) is 5.86. The van der Waals surface area contributed by atoms with E-state index in [4.69, 9.17) is 0 Å². The summed E-state index contributed by atoms with van der Waals surface area (Å²) in [5, 5.41) is 3.70. The molecule has 0 saturated heterocycles. The molecule has 4 aromatic rings. The smallest absolute Gasteiger partial charge is 0.243 e. The third kappa shape index (κ3) is 2.57. The maximum atomic E-state index is 12.4. The van der Waals surface area contributed by atoms with E-state index in [0.717, 1.165) is 16.6 Å². The van der Waals surface area contributed by atoms with Gasteiger partial charge in [-0.25, -0.2) is 24.9 Å². The molecule has 4 heterocycles. The average molecular weight is 350 g/mol. The monoisotopic (exact) mass is 350 g/mol. The first kappa shape index (κ1) is 16.1. The zero-order chi connectivity index (χ0) is 18.1. The molecule has 26 heavy (non-hydrogen) atoms. The van der Waals surface area contributed by atoms with Crippen LogP contribution in [0.5, 0.6) is 0 Å². The lowest BCUT2D eigenvalue weighted by atomic mass is 10.2. The van der Waals surface area contributed by atoms with Crippen LogP contribution in [-0.2, 0) is 4.79 Å². The number of imidazole rings is 1. The molecule has 0 aliphatic heterocycles. The third-order valence-corrected chi connectivity index (χ3v) is 4.29. The average Bonchev–Trinajstić information content (AvgIpc) is 3.27. The Balaban J connectivity index is 1.83. The number of nitrogens with zero attached hydrogens (tertiary/aromatic N) is 6. The molecule has 4 aromatic heterocycles. The molecule has 0 fully saturated rings. The van der Waals surface area contributed by atoms with E-state index < -0.39 is 0 Å². The molecule has 4 rings (SSSR count). The third-order valence-electron chi connectivity index (χ3n) is 4.29. The van der Waals surface area contributed by atoms with E-state index >= 15 is 0 Å². The molecular weight excluding hydrogens is 332 g/mol. The van der Waals surface area contributed by atoms with Gasteiger partial charge in [0.1, 0.15) is 23.5 Å². The van der Waals surface area contributed by atoms with E-state index in [1.165, 1.54) is 6.33 Å². The Morgan fingerprint density at radius 1 is 1.27 bits per heavy atom. The van der Waals surface area contributed by atoms with Gasteiger partial charge in [-0.15, -0.1) is 0 Å². The van der Waals surface area contributed by atoms with Crippen molar-refractivity contribution in [2.45, 2.75) is 26.3 Å². The molecule has 0 spiro atoms. The predicted octanol–water partition coefficient (Wildman–Crippen LogP) is 1.85. The molecular formula is C17H18N8O. The van der Waals surface area contributed by atoms with Crippen molar-refractivity contribution in [1.82, 2.24) is 39.8 Å². The molecule has 1 amide bonds. The maximum absolute atomic E-state index is 12.4. The van der Waals surface area contributed by atoms with Crippen molar-refractivity contribution < 1.29 is 4.79 Å².